The summed E-state index contributed by atoms with van der Waals surface area (Å²) in [5.74, 6) is 1.87. The van der Waals surface area contributed by atoms with Crippen LogP contribution >= 0.6 is 12.8 Å². The molecule has 1 aliphatic rings. The normalized spacial score (nSPS) is 13.2. The molecule has 8 rings (SSSR count). The van der Waals surface area contributed by atoms with Crippen molar-refractivity contribution in [3.63, 3.8) is 0 Å². The number of nitrogens with zero attached hydrogens (tertiary/aromatic N) is 5. The third-order valence-electron chi connectivity index (χ3n) is 8.26. The van der Waals surface area contributed by atoms with Crippen molar-refractivity contribution in [1.82, 2.24) is 19.9 Å². The van der Waals surface area contributed by atoms with E-state index in [0.29, 0.717) is 28.9 Å². The molecule has 0 amide bonds. The van der Waals surface area contributed by atoms with E-state index in [2.05, 4.69) is 59.7 Å². The molecule has 0 atom stereocenters. The summed E-state index contributed by atoms with van der Waals surface area (Å²) in [6.07, 6.45) is 3.71. The summed E-state index contributed by atoms with van der Waals surface area (Å²) in [5.41, 5.74) is 10.1. The van der Waals surface area contributed by atoms with E-state index in [1.54, 1.807) is 6.08 Å². The maximum Gasteiger partial charge on any atom is 0.164 e. The molecule has 0 aliphatic heterocycles. The lowest BCUT2D eigenvalue weighted by molar-refractivity contribution is 1.07. The first-order chi connectivity index (χ1) is 23.2. The van der Waals surface area contributed by atoms with Gasteiger partial charge in [0.05, 0.1) is 16.9 Å². The summed E-state index contributed by atoms with van der Waals surface area (Å²) in [6, 6.07) is 44.6. The molecule has 0 saturated heterocycles. The van der Waals surface area contributed by atoms with Crippen LogP contribution in [0.2, 0.25) is 0 Å². The number of hydrogen-bond acceptors (Lipinski definition) is 7. The van der Waals surface area contributed by atoms with Gasteiger partial charge in [-0.2, -0.15) is 0 Å². The minimum absolute atomic E-state index is 0.322. The highest BCUT2D eigenvalue weighted by molar-refractivity contribution is 7.79. The molecule has 0 saturated carbocycles. The second-order valence-electron chi connectivity index (χ2n) is 11.2. The van der Waals surface area contributed by atoms with Gasteiger partial charge in [0.2, 0.25) is 0 Å². The van der Waals surface area contributed by atoms with Crippen molar-refractivity contribution in [2.45, 2.75) is 0 Å². The molecule has 1 aliphatic carbocycles. The van der Waals surface area contributed by atoms with Gasteiger partial charge in [-0.25, -0.2) is 24.3 Å². The SMILES string of the molecule is N=C1C=Cc2c(-c3ccccc3)nc3cc(-c4ccc(-c5nc(-c6ccccc6)nc(-c6ccccc6)n5)cc4)ccc3c2C1=NS. The Labute approximate surface area is 277 Å². The number of allylic oxidation sites excluding steroid dienone is 1. The minimum Gasteiger partial charge on any atom is -0.299 e. The molecule has 7 heteroatoms. The number of aromatic nitrogens is 4. The van der Waals surface area contributed by atoms with Crippen molar-refractivity contribution in [2.75, 3.05) is 0 Å². The van der Waals surface area contributed by atoms with Crippen LogP contribution in [0.4, 0.5) is 0 Å². The molecule has 2 aromatic heterocycles. The molecule has 5 aromatic carbocycles. The number of nitrogens with one attached hydrogen (secondary N) is 1. The van der Waals surface area contributed by atoms with Crippen LogP contribution in [0.15, 0.2) is 144 Å². The van der Waals surface area contributed by atoms with Crippen molar-refractivity contribution < 1.29 is 0 Å². The van der Waals surface area contributed by atoms with Crippen LogP contribution in [0.1, 0.15) is 11.1 Å². The first kappa shape index (κ1) is 28.4. The second-order valence-corrected chi connectivity index (χ2v) is 11.4. The highest BCUT2D eigenvalue weighted by Crippen LogP contribution is 2.36. The summed E-state index contributed by atoms with van der Waals surface area (Å²) in [6.45, 7) is 0. The molecule has 0 radical (unpaired) electrons. The lowest BCUT2D eigenvalue weighted by atomic mass is 9.87. The standard InChI is InChI=1S/C40H26N6S/c41-33-23-22-32-35(37(33)46-47)31-21-20-30(24-34(31)42-36(32)26-10-4-1-5-11-26)25-16-18-29(19-17-25)40-44-38(27-12-6-2-7-13-27)43-39(45-40)28-14-8-3-9-15-28/h1-24,41,47H. The highest BCUT2D eigenvalue weighted by Gasteiger charge is 2.24. The summed E-state index contributed by atoms with van der Waals surface area (Å²) >= 11 is 4.24. The third kappa shape index (κ3) is 5.32. The molecule has 1 N–H and O–H groups in total. The average molecular weight is 623 g/mol. The molecular weight excluding hydrogens is 597 g/mol. The number of pyridine rings is 1. The molecule has 222 valence electrons. The zero-order valence-electron chi connectivity index (χ0n) is 25.0. The van der Waals surface area contributed by atoms with Crippen LogP contribution in [-0.4, -0.2) is 31.4 Å². The van der Waals surface area contributed by atoms with E-state index in [9.17, 15) is 0 Å². The van der Waals surface area contributed by atoms with Crippen LogP contribution in [0.25, 0.3) is 73.5 Å². The fraction of sp³-hybridized carbons (Fsp3) is 0. The van der Waals surface area contributed by atoms with Gasteiger partial charge in [0, 0.05) is 38.8 Å². The van der Waals surface area contributed by atoms with Gasteiger partial charge >= 0.3 is 0 Å². The molecule has 2 heterocycles. The molecule has 7 aromatic rings. The van der Waals surface area contributed by atoms with Gasteiger partial charge in [-0.15, -0.1) is 0 Å². The predicted octanol–water partition coefficient (Wildman–Crippen LogP) is 9.44. The zero-order chi connectivity index (χ0) is 31.7. The maximum absolute atomic E-state index is 8.52. The minimum atomic E-state index is 0.322. The number of benzene rings is 5. The largest absolute Gasteiger partial charge is 0.299 e. The first-order valence-electron chi connectivity index (χ1n) is 15.2. The van der Waals surface area contributed by atoms with Gasteiger partial charge in [-0.3, -0.25) is 5.41 Å². The third-order valence-corrected chi connectivity index (χ3v) is 8.46. The van der Waals surface area contributed by atoms with E-state index in [-0.39, 0.29) is 0 Å². The van der Waals surface area contributed by atoms with Crippen LogP contribution in [0.5, 0.6) is 0 Å². The first-order valence-corrected chi connectivity index (χ1v) is 15.6. The van der Waals surface area contributed by atoms with Gasteiger partial charge in [-0.1, -0.05) is 127 Å². The monoisotopic (exact) mass is 622 g/mol. The molecule has 0 unspecified atom stereocenters. The fourth-order valence-corrected chi connectivity index (χ4v) is 6.13. The van der Waals surface area contributed by atoms with Gasteiger partial charge in [0.15, 0.2) is 17.5 Å². The Morgan fingerprint density at radius 2 is 0.979 bits per heavy atom. The van der Waals surface area contributed by atoms with Gasteiger partial charge < -0.3 is 0 Å². The predicted molar refractivity (Wildman–Crippen MR) is 195 cm³/mol. The maximum atomic E-state index is 8.52. The van der Waals surface area contributed by atoms with Gasteiger partial charge in [-0.05, 0) is 42.2 Å². The molecule has 6 nitrogen and oxygen atoms in total. The Balaban J connectivity index is 1.22. The Morgan fingerprint density at radius 3 is 1.53 bits per heavy atom. The van der Waals surface area contributed by atoms with E-state index < -0.39 is 0 Å². The van der Waals surface area contributed by atoms with E-state index in [4.69, 9.17) is 25.3 Å². The van der Waals surface area contributed by atoms with Crippen LogP contribution in [0, 0.1) is 5.41 Å². The number of thiol groups is 1. The summed E-state index contributed by atoms with van der Waals surface area (Å²) in [7, 11) is 0. The van der Waals surface area contributed by atoms with Crippen LogP contribution in [-0.2, 0) is 0 Å². The molecule has 47 heavy (non-hydrogen) atoms. The summed E-state index contributed by atoms with van der Waals surface area (Å²) in [4.78, 5) is 19.7. The van der Waals surface area contributed by atoms with Crippen molar-refractivity contribution in [3.05, 3.63) is 151 Å². The number of hydrogen-bond donors (Lipinski definition) is 2. The smallest absolute Gasteiger partial charge is 0.164 e. The van der Waals surface area contributed by atoms with E-state index in [1.165, 1.54) is 0 Å². The lowest BCUT2D eigenvalue weighted by Gasteiger charge is -2.20. The van der Waals surface area contributed by atoms with E-state index in [1.807, 2.05) is 97.1 Å². The van der Waals surface area contributed by atoms with E-state index >= 15 is 0 Å². The second kappa shape index (κ2) is 12.0. The molecule has 0 fully saturated rings. The molecule has 0 spiro atoms. The zero-order valence-corrected chi connectivity index (χ0v) is 25.9. The van der Waals surface area contributed by atoms with Crippen molar-refractivity contribution >= 4 is 41.2 Å². The molecule has 0 bridgehead atoms. The Hall–Kier alpha value is -6.05. The van der Waals surface area contributed by atoms with Gasteiger partial charge in [0.25, 0.3) is 0 Å². The topological polar surface area (TPSA) is 87.8 Å². The Bertz CT molecular complexity index is 2290. The van der Waals surface area contributed by atoms with Gasteiger partial charge in [0.1, 0.15) is 5.71 Å². The Kier molecular flexibility index (Phi) is 7.28. The Morgan fingerprint density at radius 1 is 0.489 bits per heavy atom. The number of fused-ring (bicyclic) bond motifs is 3. The fourth-order valence-electron chi connectivity index (χ4n) is 5.93. The molecular formula is C40H26N6S. The quantitative estimate of drug-likeness (QED) is 0.187. The number of rotatable bonds is 5. The summed E-state index contributed by atoms with van der Waals surface area (Å²) in [5, 5.41) is 9.44. The van der Waals surface area contributed by atoms with Crippen molar-refractivity contribution in [3.8, 4) is 56.5 Å². The van der Waals surface area contributed by atoms with Crippen molar-refractivity contribution in [2.24, 2.45) is 4.40 Å². The average Bonchev–Trinajstić information content (AvgIpc) is 3.15. The highest BCUT2D eigenvalue weighted by atomic mass is 32.1. The van der Waals surface area contributed by atoms with Crippen LogP contribution in [0.3, 0.4) is 0 Å². The lowest BCUT2D eigenvalue weighted by Crippen LogP contribution is -2.18. The summed E-state index contributed by atoms with van der Waals surface area (Å²) < 4.78 is 4.22. The van der Waals surface area contributed by atoms with E-state index in [0.717, 1.165) is 61.1 Å². The van der Waals surface area contributed by atoms with Crippen molar-refractivity contribution in [1.29, 1.82) is 5.41 Å². The van der Waals surface area contributed by atoms with Crippen LogP contribution < -0.4 is 0 Å².